The van der Waals surface area contributed by atoms with Gasteiger partial charge in [-0.25, -0.2) is 0 Å². The molecule has 5 heteroatoms. The van der Waals surface area contributed by atoms with E-state index in [1.165, 1.54) is 7.11 Å². The van der Waals surface area contributed by atoms with Crippen LogP contribution in [0, 0.1) is 0 Å². The molecule has 0 saturated heterocycles. The summed E-state index contributed by atoms with van der Waals surface area (Å²) in [5.41, 5.74) is 0. The fourth-order valence-electron chi connectivity index (χ4n) is 0. The summed E-state index contributed by atoms with van der Waals surface area (Å²) >= 11 is 0. The molecule has 2 N–H and O–H groups in total. The van der Waals surface area contributed by atoms with Gasteiger partial charge in [-0.05, 0) is 0 Å². The minimum absolute atomic E-state index is 0. The summed E-state index contributed by atoms with van der Waals surface area (Å²) in [5, 5.41) is 15.4. The largest absolute Gasteiger partial charge is 0.633 e. The Morgan fingerprint density at radius 2 is 1.67 bits per heavy atom. The molecule has 0 rings (SSSR count). The molecule has 0 amide bonds. The first-order valence-corrected chi connectivity index (χ1v) is 1.16. The summed E-state index contributed by atoms with van der Waals surface area (Å²) in [5.74, 6) is 0. The van der Waals surface area contributed by atoms with Crippen LogP contribution in [-0.4, -0.2) is 73.4 Å². The Bertz CT molecular complexity index is 24.8. The third-order valence-electron chi connectivity index (χ3n) is 0.211. The second-order valence-electron chi connectivity index (χ2n) is 0.562. The molecule has 0 aliphatic rings. The first kappa shape index (κ1) is 10.5. The van der Waals surface area contributed by atoms with Gasteiger partial charge in [0.05, 0.1) is 0 Å². The molecule has 0 saturated carbocycles. The Hall–Kier alpha value is 1.52. The predicted molar refractivity (Wildman–Crippen MR) is 23.0 cm³/mol. The zero-order chi connectivity index (χ0) is 4.28. The molecule has 0 aromatic rings. The van der Waals surface area contributed by atoms with Crippen molar-refractivity contribution in [2.45, 2.75) is 0 Å². The van der Waals surface area contributed by atoms with E-state index in [2.05, 4.69) is 4.65 Å². The van der Waals surface area contributed by atoms with Crippen molar-refractivity contribution in [3.8, 4) is 0 Å². The van der Waals surface area contributed by atoms with Crippen molar-refractivity contribution in [3.05, 3.63) is 0 Å². The summed E-state index contributed by atoms with van der Waals surface area (Å²) < 4.78 is 3.86. The fourth-order valence-corrected chi connectivity index (χ4v) is 0. The van der Waals surface area contributed by atoms with E-state index in [0.29, 0.717) is 0 Å². The number of rotatable bonds is 1. The second-order valence-corrected chi connectivity index (χ2v) is 0.562. The van der Waals surface area contributed by atoms with E-state index in [-0.39, 0.29) is 48.9 Å². The molecule has 2 radical (unpaired) electrons. The van der Waals surface area contributed by atoms with Gasteiger partial charge in [-0.2, -0.15) is 0 Å². The summed E-state index contributed by atoms with van der Waals surface area (Å²) in [4.78, 5) is 0. The molecule has 6 heavy (non-hydrogen) atoms. The van der Waals surface area contributed by atoms with Gasteiger partial charge in [0.15, 0.2) is 0 Å². The summed E-state index contributed by atoms with van der Waals surface area (Å²) in [6, 6.07) is 0. The maximum absolute atomic E-state index is 7.69. The van der Waals surface area contributed by atoms with Crippen molar-refractivity contribution in [1.29, 1.82) is 0 Å². The molecule has 0 aromatic carbocycles. The molecular formula is CH5BBaO3. The average molecular weight is 213 g/mol. The van der Waals surface area contributed by atoms with Gasteiger partial charge >= 0.3 is 7.32 Å². The van der Waals surface area contributed by atoms with E-state index >= 15 is 0 Å². The minimum atomic E-state index is -1.62. The topological polar surface area (TPSA) is 49.7 Å². The molecule has 0 atom stereocenters. The van der Waals surface area contributed by atoms with E-state index in [1.54, 1.807) is 0 Å². The molecule has 0 bridgehead atoms. The molecule has 0 unspecified atom stereocenters. The van der Waals surface area contributed by atoms with Crippen molar-refractivity contribution in [2.24, 2.45) is 0 Å². The van der Waals surface area contributed by atoms with Crippen molar-refractivity contribution < 1.29 is 14.7 Å². The van der Waals surface area contributed by atoms with Crippen LogP contribution in [0.25, 0.3) is 0 Å². The van der Waals surface area contributed by atoms with Crippen LogP contribution < -0.4 is 0 Å². The van der Waals surface area contributed by atoms with Crippen LogP contribution in [-0.2, 0) is 4.65 Å². The summed E-state index contributed by atoms with van der Waals surface area (Å²) in [6.45, 7) is 0. The van der Waals surface area contributed by atoms with Crippen LogP contribution in [0.5, 0.6) is 0 Å². The number of hydrogen-bond acceptors (Lipinski definition) is 3. The molecule has 0 aliphatic carbocycles. The van der Waals surface area contributed by atoms with Crippen LogP contribution in [0.2, 0.25) is 0 Å². The monoisotopic (exact) mass is 214 g/mol. The van der Waals surface area contributed by atoms with Crippen LogP contribution in [0.1, 0.15) is 0 Å². The van der Waals surface area contributed by atoms with Crippen molar-refractivity contribution >= 4 is 56.2 Å². The Kier molecular flexibility index (Phi) is 11.4. The van der Waals surface area contributed by atoms with Crippen molar-refractivity contribution in [1.82, 2.24) is 0 Å². The molecular weight excluding hydrogens is 208 g/mol. The maximum Gasteiger partial charge on any atom is 0.633 e. The van der Waals surface area contributed by atoms with Gasteiger partial charge in [-0.15, -0.1) is 0 Å². The van der Waals surface area contributed by atoms with Gasteiger partial charge in [0.1, 0.15) is 0 Å². The molecule has 0 aliphatic heterocycles. The van der Waals surface area contributed by atoms with Crippen LogP contribution in [0.15, 0.2) is 0 Å². The number of hydrogen-bond donors (Lipinski definition) is 2. The SMILES string of the molecule is COB(O)O.[Ba]. The maximum atomic E-state index is 7.69. The molecule has 0 spiro atoms. The van der Waals surface area contributed by atoms with E-state index in [4.69, 9.17) is 10.0 Å². The third kappa shape index (κ3) is 9.10. The van der Waals surface area contributed by atoms with E-state index in [0.717, 1.165) is 0 Å². The molecule has 32 valence electrons. The zero-order valence-electron chi connectivity index (χ0n) is 3.59. The molecule has 0 aromatic heterocycles. The smallest absolute Gasteiger partial charge is 0.402 e. The van der Waals surface area contributed by atoms with Crippen molar-refractivity contribution in [3.63, 3.8) is 0 Å². The van der Waals surface area contributed by atoms with Gasteiger partial charge in [0.25, 0.3) is 0 Å². The van der Waals surface area contributed by atoms with Crippen LogP contribution in [0.3, 0.4) is 0 Å². The third-order valence-corrected chi connectivity index (χ3v) is 0.211. The minimum Gasteiger partial charge on any atom is -0.402 e. The van der Waals surface area contributed by atoms with Gasteiger partial charge in [0, 0.05) is 56.0 Å². The van der Waals surface area contributed by atoms with Crippen LogP contribution in [0.4, 0.5) is 0 Å². The predicted octanol–water partition coefficient (Wildman–Crippen LogP) is -1.78. The van der Waals surface area contributed by atoms with E-state index < -0.39 is 7.32 Å². The van der Waals surface area contributed by atoms with Gasteiger partial charge < -0.3 is 14.7 Å². The Morgan fingerprint density at radius 1 is 1.50 bits per heavy atom. The van der Waals surface area contributed by atoms with Crippen LogP contribution >= 0.6 is 0 Å². The normalized spacial score (nSPS) is 6.50. The Balaban J connectivity index is 0. The average Bonchev–Trinajstić information content (AvgIpc) is 1.38. The Morgan fingerprint density at radius 3 is 1.67 bits per heavy atom. The van der Waals surface area contributed by atoms with Gasteiger partial charge in [0.2, 0.25) is 0 Å². The Labute approximate surface area is 76.9 Å². The van der Waals surface area contributed by atoms with E-state index in [9.17, 15) is 0 Å². The molecule has 3 nitrogen and oxygen atoms in total. The first-order valence-electron chi connectivity index (χ1n) is 1.16. The standard InChI is InChI=1S/CH5BO3.Ba/c1-5-2(3)4;/h3-4H,1H3;. The van der Waals surface area contributed by atoms with E-state index in [1.807, 2.05) is 0 Å². The van der Waals surface area contributed by atoms with Gasteiger partial charge in [-0.3, -0.25) is 0 Å². The van der Waals surface area contributed by atoms with Crippen molar-refractivity contribution in [2.75, 3.05) is 7.11 Å². The molecule has 0 heterocycles. The first-order chi connectivity index (χ1) is 2.27. The second kappa shape index (κ2) is 6.52. The quantitative estimate of drug-likeness (QED) is 0.506. The zero-order valence-corrected chi connectivity index (χ0v) is 8.03. The fraction of sp³-hybridized carbons (Fsp3) is 1.00. The summed E-state index contributed by atoms with van der Waals surface area (Å²) in [7, 11) is -0.417. The molecule has 0 fully saturated rings. The van der Waals surface area contributed by atoms with Gasteiger partial charge in [-0.1, -0.05) is 0 Å². The summed E-state index contributed by atoms with van der Waals surface area (Å²) in [6.07, 6.45) is 0.